The molecule has 0 radical (unpaired) electrons. The highest BCUT2D eigenvalue weighted by Crippen LogP contribution is 2.31. The number of aliphatic hydroxyl groups excluding tert-OH is 1. The van der Waals surface area contributed by atoms with Crippen molar-refractivity contribution < 1.29 is 9.90 Å². The summed E-state index contributed by atoms with van der Waals surface area (Å²) < 4.78 is 0. The van der Waals surface area contributed by atoms with Crippen molar-refractivity contribution in [1.82, 2.24) is 10.6 Å². The van der Waals surface area contributed by atoms with E-state index in [-0.39, 0.29) is 24.0 Å². The maximum atomic E-state index is 12.6. The van der Waals surface area contributed by atoms with E-state index in [4.69, 9.17) is 0 Å². The molecule has 0 aromatic heterocycles. The maximum Gasteiger partial charge on any atom is 0.228 e. The molecule has 2 unspecified atom stereocenters. The largest absolute Gasteiger partial charge is 0.394 e. The Hall–Kier alpha value is -1.39. The number of hydrogen-bond acceptors (Lipinski definition) is 3. The smallest absolute Gasteiger partial charge is 0.228 e. The van der Waals surface area contributed by atoms with Gasteiger partial charge in [-0.2, -0.15) is 0 Å². The second-order valence-corrected chi connectivity index (χ2v) is 5.53. The van der Waals surface area contributed by atoms with Gasteiger partial charge in [0.25, 0.3) is 0 Å². The molecule has 3 N–H and O–H groups in total. The first-order valence-electron chi connectivity index (χ1n) is 7.39. The quantitative estimate of drug-likeness (QED) is 0.766. The van der Waals surface area contributed by atoms with Gasteiger partial charge in [0.2, 0.25) is 5.91 Å². The van der Waals surface area contributed by atoms with Crippen molar-refractivity contribution in [2.24, 2.45) is 5.41 Å². The molecule has 0 spiro atoms. The Morgan fingerprint density at radius 3 is 2.75 bits per heavy atom. The van der Waals surface area contributed by atoms with Crippen LogP contribution in [0.25, 0.3) is 0 Å². The zero-order chi connectivity index (χ0) is 14.4. The first-order chi connectivity index (χ1) is 9.72. The lowest BCUT2D eigenvalue weighted by Crippen LogP contribution is -2.51. The highest BCUT2D eigenvalue weighted by atomic mass is 16.3. The van der Waals surface area contributed by atoms with Crippen molar-refractivity contribution in [2.45, 2.75) is 32.2 Å². The predicted molar refractivity (Wildman–Crippen MR) is 79.2 cm³/mol. The normalized spacial score (nSPS) is 24.1. The Morgan fingerprint density at radius 2 is 2.20 bits per heavy atom. The van der Waals surface area contributed by atoms with Gasteiger partial charge < -0.3 is 15.7 Å². The van der Waals surface area contributed by atoms with Crippen molar-refractivity contribution in [2.75, 3.05) is 19.7 Å². The number of carbonyl (C=O) groups excluding carboxylic acids is 1. The monoisotopic (exact) mass is 276 g/mol. The van der Waals surface area contributed by atoms with Crippen LogP contribution in [0.3, 0.4) is 0 Å². The van der Waals surface area contributed by atoms with Gasteiger partial charge in [-0.15, -0.1) is 0 Å². The number of hydrogen-bond donors (Lipinski definition) is 3. The standard InChI is InChI=1S/C16H24N2O2/c1-2-16(9-6-10-17-12-16)15(20)18-14(11-19)13-7-4-3-5-8-13/h3-5,7-8,14,17,19H,2,6,9-12H2,1H3,(H,18,20). The molecule has 1 aliphatic rings. The van der Waals surface area contributed by atoms with Crippen molar-refractivity contribution in [3.8, 4) is 0 Å². The Morgan fingerprint density at radius 1 is 1.45 bits per heavy atom. The summed E-state index contributed by atoms with van der Waals surface area (Å²) in [6.45, 7) is 3.69. The lowest BCUT2D eigenvalue weighted by Gasteiger charge is -2.36. The van der Waals surface area contributed by atoms with Crippen LogP contribution in [0.4, 0.5) is 0 Å². The van der Waals surface area contributed by atoms with Crippen LogP contribution in [0.2, 0.25) is 0 Å². The fraction of sp³-hybridized carbons (Fsp3) is 0.562. The molecule has 1 saturated heterocycles. The number of benzene rings is 1. The summed E-state index contributed by atoms with van der Waals surface area (Å²) in [5.41, 5.74) is 0.610. The zero-order valence-electron chi connectivity index (χ0n) is 12.1. The van der Waals surface area contributed by atoms with Crippen molar-refractivity contribution in [3.63, 3.8) is 0 Å². The molecule has 0 bridgehead atoms. The summed E-state index contributed by atoms with van der Waals surface area (Å²) in [7, 11) is 0. The average Bonchev–Trinajstić information content (AvgIpc) is 2.53. The minimum absolute atomic E-state index is 0.0510. The second-order valence-electron chi connectivity index (χ2n) is 5.53. The van der Waals surface area contributed by atoms with Crippen molar-refractivity contribution in [3.05, 3.63) is 35.9 Å². The predicted octanol–water partition coefficient (Wildman–Crippen LogP) is 1.62. The topological polar surface area (TPSA) is 61.4 Å². The SMILES string of the molecule is CCC1(C(=O)NC(CO)c2ccccc2)CCCNC1. The van der Waals surface area contributed by atoms with E-state index in [0.29, 0.717) is 0 Å². The Bertz CT molecular complexity index is 427. The molecule has 2 rings (SSSR count). The molecule has 1 fully saturated rings. The first kappa shape index (κ1) is 15.0. The van der Waals surface area contributed by atoms with Crippen LogP contribution in [-0.4, -0.2) is 30.7 Å². The molecule has 4 nitrogen and oxygen atoms in total. The van der Waals surface area contributed by atoms with Gasteiger partial charge in [0.1, 0.15) is 0 Å². The summed E-state index contributed by atoms with van der Waals surface area (Å²) >= 11 is 0. The molecule has 1 aromatic carbocycles. The van der Waals surface area contributed by atoms with Gasteiger partial charge in [0, 0.05) is 6.54 Å². The number of piperidine rings is 1. The summed E-state index contributed by atoms with van der Waals surface area (Å²) in [5.74, 6) is 0.0510. The molecule has 1 amide bonds. The molecule has 1 heterocycles. The molecule has 110 valence electrons. The van der Waals surface area contributed by atoms with Crippen LogP contribution in [0.15, 0.2) is 30.3 Å². The van der Waals surface area contributed by atoms with E-state index in [1.807, 2.05) is 30.3 Å². The number of amides is 1. The highest BCUT2D eigenvalue weighted by molar-refractivity contribution is 5.83. The number of nitrogens with one attached hydrogen (secondary N) is 2. The molecule has 4 heteroatoms. The van der Waals surface area contributed by atoms with Crippen LogP contribution >= 0.6 is 0 Å². The van der Waals surface area contributed by atoms with E-state index < -0.39 is 0 Å². The lowest BCUT2D eigenvalue weighted by molar-refractivity contribution is -0.133. The van der Waals surface area contributed by atoms with E-state index >= 15 is 0 Å². The van der Waals surface area contributed by atoms with Crippen LogP contribution in [0, 0.1) is 5.41 Å². The molecule has 1 aromatic rings. The molecule has 0 saturated carbocycles. The Balaban J connectivity index is 2.08. The third-order valence-corrected chi connectivity index (χ3v) is 4.32. The summed E-state index contributed by atoms with van der Waals surface area (Å²) in [4.78, 5) is 12.6. The molecule has 2 atom stereocenters. The molecule has 20 heavy (non-hydrogen) atoms. The second kappa shape index (κ2) is 6.86. The Labute approximate surface area is 120 Å². The number of carbonyl (C=O) groups is 1. The van der Waals surface area contributed by atoms with Gasteiger partial charge in [-0.05, 0) is 31.4 Å². The van der Waals surface area contributed by atoms with Crippen molar-refractivity contribution >= 4 is 5.91 Å². The van der Waals surface area contributed by atoms with E-state index in [1.165, 1.54) is 0 Å². The Kier molecular flexibility index (Phi) is 5.15. The van der Waals surface area contributed by atoms with E-state index in [1.54, 1.807) is 0 Å². The van der Waals surface area contributed by atoms with Gasteiger partial charge in [-0.1, -0.05) is 37.3 Å². The van der Waals surface area contributed by atoms with Gasteiger partial charge in [-0.3, -0.25) is 4.79 Å². The average molecular weight is 276 g/mol. The van der Waals surface area contributed by atoms with E-state index in [9.17, 15) is 9.90 Å². The van der Waals surface area contributed by atoms with Crippen LogP contribution in [-0.2, 0) is 4.79 Å². The maximum absolute atomic E-state index is 12.6. The number of aliphatic hydroxyl groups is 1. The first-order valence-corrected chi connectivity index (χ1v) is 7.39. The highest BCUT2D eigenvalue weighted by Gasteiger charge is 2.38. The number of rotatable bonds is 5. The van der Waals surface area contributed by atoms with Crippen LogP contribution < -0.4 is 10.6 Å². The molecular formula is C16H24N2O2. The molecule has 0 aliphatic carbocycles. The van der Waals surface area contributed by atoms with Gasteiger partial charge in [-0.25, -0.2) is 0 Å². The minimum Gasteiger partial charge on any atom is -0.394 e. The van der Waals surface area contributed by atoms with Crippen LogP contribution in [0.1, 0.15) is 37.8 Å². The fourth-order valence-electron chi connectivity index (χ4n) is 2.86. The third-order valence-electron chi connectivity index (χ3n) is 4.32. The third kappa shape index (κ3) is 3.19. The summed E-state index contributed by atoms with van der Waals surface area (Å²) in [6, 6.07) is 9.30. The minimum atomic E-state index is -0.333. The molecule has 1 aliphatic heterocycles. The fourth-order valence-corrected chi connectivity index (χ4v) is 2.86. The van der Waals surface area contributed by atoms with Gasteiger partial charge in [0.15, 0.2) is 0 Å². The lowest BCUT2D eigenvalue weighted by atomic mass is 9.77. The van der Waals surface area contributed by atoms with E-state index in [2.05, 4.69) is 17.6 Å². The van der Waals surface area contributed by atoms with Crippen LogP contribution in [0.5, 0.6) is 0 Å². The summed E-state index contributed by atoms with van der Waals surface area (Å²) in [5, 5.41) is 15.9. The zero-order valence-corrected chi connectivity index (χ0v) is 12.1. The molecular weight excluding hydrogens is 252 g/mol. The van der Waals surface area contributed by atoms with Gasteiger partial charge in [0.05, 0.1) is 18.1 Å². The summed E-state index contributed by atoms with van der Waals surface area (Å²) in [6.07, 6.45) is 2.75. The van der Waals surface area contributed by atoms with E-state index in [0.717, 1.165) is 37.9 Å². The van der Waals surface area contributed by atoms with Gasteiger partial charge >= 0.3 is 0 Å². The van der Waals surface area contributed by atoms with Crippen molar-refractivity contribution in [1.29, 1.82) is 0 Å².